The van der Waals surface area contributed by atoms with E-state index in [0.29, 0.717) is 17.6 Å². The molecule has 0 fully saturated rings. The summed E-state index contributed by atoms with van der Waals surface area (Å²) < 4.78 is 4.74. The molecule has 0 N–H and O–H groups in total. The molecule has 0 saturated heterocycles. The molecule has 10 aromatic rings. The highest BCUT2D eigenvalue weighted by Gasteiger charge is 2.20. The van der Waals surface area contributed by atoms with Gasteiger partial charge in [0.2, 0.25) is 5.95 Å². The number of nitrogens with zero attached hydrogens (tertiary/aromatic N) is 4. The lowest BCUT2D eigenvalue weighted by Gasteiger charge is -2.11. The molecule has 0 radical (unpaired) electrons. The van der Waals surface area contributed by atoms with Crippen molar-refractivity contribution in [1.29, 1.82) is 0 Å². The van der Waals surface area contributed by atoms with Crippen molar-refractivity contribution in [2.45, 2.75) is 0 Å². The Labute approximate surface area is 292 Å². The minimum atomic E-state index is 0.592. The minimum Gasteiger partial charge on any atom is -0.278 e. The maximum absolute atomic E-state index is 5.22. The van der Waals surface area contributed by atoms with E-state index in [1.54, 1.807) is 0 Å². The topological polar surface area (TPSA) is 43.6 Å². The smallest absolute Gasteiger partial charge is 0.238 e. The second-order valence-corrected chi connectivity index (χ2v) is 13.6. The van der Waals surface area contributed by atoms with Crippen molar-refractivity contribution in [1.82, 2.24) is 19.5 Å². The summed E-state index contributed by atoms with van der Waals surface area (Å²) >= 11 is 1.82. The van der Waals surface area contributed by atoms with E-state index in [2.05, 4.69) is 150 Å². The van der Waals surface area contributed by atoms with Crippen LogP contribution in [0.25, 0.3) is 93.0 Å². The van der Waals surface area contributed by atoms with Crippen LogP contribution in [-0.4, -0.2) is 19.5 Å². The molecule has 5 heteroatoms. The summed E-state index contributed by atoms with van der Waals surface area (Å²) in [5, 5.41) is 4.88. The van der Waals surface area contributed by atoms with Crippen LogP contribution < -0.4 is 0 Å². The average Bonchev–Trinajstić information content (AvgIpc) is 3.72. The standard InChI is InChI=1S/C45H28N4S/c1-4-12-29(13-5-1)31-20-22-33(23-21-31)44-46-43(32-16-8-3-9-17-32)47-45(48-44)49-39-25-24-34(30-14-6-2-7-15-30)26-36(39)37-27-38-35-18-10-11-19-41(35)50-42(38)28-40(37)49/h1-28H. The van der Waals surface area contributed by atoms with Gasteiger partial charge < -0.3 is 0 Å². The van der Waals surface area contributed by atoms with Crippen molar-refractivity contribution in [3.63, 3.8) is 0 Å². The molecule has 234 valence electrons. The molecule has 0 aliphatic carbocycles. The maximum atomic E-state index is 5.22. The Morgan fingerprint density at radius 1 is 0.340 bits per heavy atom. The van der Waals surface area contributed by atoms with Crippen LogP contribution >= 0.6 is 11.3 Å². The molecule has 0 aliphatic rings. The van der Waals surface area contributed by atoms with Crippen LogP contribution in [0.15, 0.2) is 170 Å². The molecule has 7 aromatic carbocycles. The summed E-state index contributed by atoms with van der Waals surface area (Å²) in [4.78, 5) is 15.5. The summed E-state index contributed by atoms with van der Waals surface area (Å²) in [5.41, 5.74) is 8.68. The fourth-order valence-electron chi connectivity index (χ4n) is 7.02. The molecule has 0 aliphatic heterocycles. The highest BCUT2D eigenvalue weighted by molar-refractivity contribution is 7.25. The van der Waals surface area contributed by atoms with E-state index in [-0.39, 0.29) is 0 Å². The largest absolute Gasteiger partial charge is 0.278 e. The molecule has 0 bridgehead atoms. The van der Waals surface area contributed by atoms with Crippen LogP contribution in [0.5, 0.6) is 0 Å². The predicted octanol–water partition coefficient (Wildman–Crippen LogP) is 12.0. The molecule has 50 heavy (non-hydrogen) atoms. The van der Waals surface area contributed by atoms with Crippen LogP contribution in [-0.2, 0) is 0 Å². The monoisotopic (exact) mass is 656 g/mol. The maximum Gasteiger partial charge on any atom is 0.238 e. The third kappa shape index (κ3) is 4.79. The molecule has 0 atom stereocenters. The summed E-state index contributed by atoms with van der Waals surface area (Å²) in [6.07, 6.45) is 0. The van der Waals surface area contributed by atoms with Gasteiger partial charge in [0.15, 0.2) is 11.6 Å². The Balaban J connectivity index is 1.24. The van der Waals surface area contributed by atoms with Crippen molar-refractivity contribution in [3.05, 3.63) is 170 Å². The second kappa shape index (κ2) is 11.6. The fourth-order valence-corrected chi connectivity index (χ4v) is 8.14. The molecule has 0 spiro atoms. The molecule has 10 rings (SSSR count). The first kappa shape index (κ1) is 28.6. The highest BCUT2D eigenvalue weighted by atomic mass is 32.1. The van der Waals surface area contributed by atoms with Gasteiger partial charge in [-0.1, -0.05) is 140 Å². The minimum absolute atomic E-state index is 0.592. The van der Waals surface area contributed by atoms with Crippen LogP contribution in [0, 0.1) is 0 Å². The third-order valence-electron chi connectivity index (χ3n) is 9.48. The van der Waals surface area contributed by atoms with Crippen molar-refractivity contribution >= 4 is 53.3 Å². The molecule has 0 unspecified atom stereocenters. The molecule has 3 aromatic heterocycles. The Morgan fingerprint density at radius 3 is 1.56 bits per heavy atom. The van der Waals surface area contributed by atoms with Gasteiger partial charge in [0, 0.05) is 42.1 Å². The number of hydrogen-bond acceptors (Lipinski definition) is 4. The number of fused-ring (bicyclic) bond motifs is 6. The van der Waals surface area contributed by atoms with Gasteiger partial charge in [-0.2, -0.15) is 9.97 Å². The highest BCUT2D eigenvalue weighted by Crippen LogP contribution is 2.41. The summed E-state index contributed by atoms with van der Waals surface area (Å²) in [6.45, 7) is 0. The van der Waals surface area contributed by atoms with E-state index < -0.39 is 0 Å². The lowest BCUT2D eigenvalue weighted by molar-refractivity contribution is 0.954. The van der Waals surface area contributed by atoms with Gasteiger partial charge in [-0.3, -0.25) is 4.57 Å². The van der Waals surface area contributed by atoms with E-state index in [0.717, 1.165) is 33.1 Å². The van der Waals surface area contributed by atoms with Gasteiger partial charge in [0.05, 0.1) is 11.0 Å². The average molecular weight is 657 g/mol. The van der Waals surface area contributed by atoms with Crippen LogP contribution in [0.1, 0.15) is 0 Å². The molecular weight excluding hydrogens is 629 g/mol. The summed E-state index contributed by atoms with van der Waals surface area (Å²) in [6, 6.07) is 59.7. The number of benzene rings is 7. The van der Waals surface area contributed by atoms with E-state index in [4.69, 9.17) is 15.0 Å². The van der Waals surface area contributed by atoms with Gasteiger partial charge >= 0.3 is 0 Å². The first-order chi connectivity index (χ1) is 24.8. The van der Waals surface area contributed by atoms with Crippen LogP contribution in [0.3, 0.4) is 0 Å². The summed E-state index contributed by atoms with van der Waals surface area (Å²) in [7, 11) is 0. The molecular formula is C45H28N4S. The van der Waals surface area contributed by atoms with Gasteiger partial charge in [-0.15, -0.1) is 11.3 Å². The van der Waals surface area contributed by atoms with Crippen molar-refractivity contribution < 1.29 is 0 Å². The van der Waals surface area contributed by atoms with Gasteiger partial charge in [0.1, 0.15) is 0 Å². The predicted molar refractivity (Wildman–Crippen MR) is 209 cm³/mol. The Kier molecular flexibility index (Phi) is 6.64. The fraction of sp³-hybridized carbons (Fsp3) is 0. The quantitative estimate of drug-likeness (QED) is 0.185. The number of rotatable bonds is 5. The zero-order valence-electron chi connectivity index (χ0n) is 26.9. The van der Waals surface area contributed by atoms with E-state index >= 15 is 0 Å². The first-order valence-corrected chi connectivity index (χ1v) is 17.5. The first-order valence-electron chi connectivity index (χ1n) is 16.7. The zero-order valence-corrected chi connectivity index (χ0v) is 27.7. The Morgan fingerprint density at radius 2 is 0.860 bits per heavy atom. The third-order valence-corrected chi connectivity index (χ3v) is 10.6. The van der Waals surface area contributed by atoms with Crippen molar-refractivity contribution in [2.75, 3.05) is 0 Å². The van der Waals surface area contributed by atoms with Gasteiger partial charge in [0.25, 0.3) is 0 Å². The van der Waals surface area contributed by atoms with Crippen LogP contribution in [0.4, 0.5) is 0 Å². The number of thiophene rings is 1. The lowest BCUT2D eigenvalue weighted by Crippen LogP contribution is -2.06. The SMILES string of the molecule is c1ccc(-c2ccc(-c3nc(-c4ccccc4)nc(-n4c5ccc(-c6ccccc6)cc5c5cc6c(cc54)sc4ccccc46)n3)cc2)cc1. The Hall–Kier alpha value is -6.43. The molecule has 0 amide bonds. The number of hydrogen-bond donors (Lipinski definition) is 0. The zero-order chi connectivity index (χ0) is 33.0. The van der Waals surface area contributed by atoms with Gasteiger partial charge in [-0.25, -0.2) is 4.98 Å². The van der Waals surface area contributed by atoms with Crippen molar-refractivity contribution in [2.24, 2.45) is 0 Å². The molecule has 0 saturated carbocycles. The molecule has 4 nitrogen and oxygen atoms in total. The normalized spacial score (nSPS) is 11.6. The summed E-state index contributed by atoms with van der Waals surface area (Å²) in [5.74, 6) is 1.86. The van der Waals surface area contributed by atoms with E-state index in [1.807, 2.05) is 35.6 Å². The number of aromatic nitrogens is 4. The van der Waals surface area contributed by atoms with Crippen molar-refractivity contribution in [3.8, 4) is 51.0 Å². The van der Waals surface area contributed by atoms with Crippen LogP contribution in [0.2, 0.25) is 0 Å². The van der Waals surface area contributed by atoms with E-state index in [1.165, 1.54) is 42.2 Å². The second-order valence-electron chi connectivity index (χ2n) is 12.5. The van der Waals surface area contributed by atoms with Gasteiger partial charge in [-0.05, 0) is 52.6 Å². The Bertz CT molecular complexity index is 2840. The molecule has 3 heterocycles. The lowest BCUT2D eigenvalue weighted by atomic mass is 10.0. The van der Waals surface area contributed by atoms with E-state index in [9.17, 15) is 0 Å².